The second kappa shape index (κ2) is 11.4. The highest BCUT2D eigenvalue weighted by molar-refractivity contribution is 5.48. The number of likely N-dealkylation sites (N-methyl/N-ethyl adjacent to an activating group) is 1. The van der Waals surface area contributed by atoms with Crippen LogP contribution >= 0.6 is 0 Å². The van der Waals surface area contributed by atoms with Gasteiger partial charge in [-0.05, 0) is 67.6 Å². The number of ether oxygens (including phenoxy) is 4. The number of benzene rings is 2. The van der Waals surface area contributed by atoms with Crippen molar-refractivity contribution in [3.8, 4) is 29.1 Å². The predicted molar refractivity (Wildman–Crippen MR) is 141 cm³/mol. The van der Waals surface area contributed by atoms with Crippen LogP contribution in [0, 0.1) is 22.7 Å². The third kappa shape index (κ3) is 4.99. The van der Waals surface area contributed by atoms with E-state index in [4.69, 9.17) is 18.9 Å². The summed E-state index contributed by atoms with van der Waals surface area (Å²) in [7, 11) is 5.56. The van der Waals surface area contributed by atoms with Gasteiger partial charge in [0.1, 0.15) is 12.0 Å². The Balaban J connectivity index is 1.49. The van der Waals surface area contributed by atoms with Crippen LogP contribution in [0.15, 0.2) is 36.4 Å². The van der Waals surface area contributed by atoms with E-state index in [0.29, 0.717) is 12.6 Å². The molecule has 0 N–H and O–H groups in total. The summed E-state index contributed by atoms with van der Waals surface area (Å²) in [6.07, 6.45) is 5.38. The molecule has 0 radical (unpaired) electrons. The van der Waals surface area contributed by atoms with Crippen molar-refractivity contribution in [3.63, 3.8) is 0 Å². The molecule has 6 heteroatoms. The third-order valence-electron chi connectivity index (χ3n) is 8.34. The molecule has 0 saturated carbocycles. The van der Waals surface area contributed by atoms with Gasteiger partial charge in [-0.1, -0.05) is 45.2 Å². The lowest BCUT2D eigenvalue weighted by Crippen LogP contribution is -2.49. The molecule has 0 spiro atoms. The summed E-state index contributed by atoms with van der Waals surface area (Å²) in [5, 5.41) is 10.6. The number of hydrogen-bond acceptors (Lipinski definition) is 6. The van der Waals surface area contributed by atoms with Crippen LogP contribution in [-0.2, 0) is 13.0 Å². The summed E-state index contributed by atoms with van der Waals surface area (Å²) in [6, 6.07) is 15.2. The van der Waals surface area contributed by atoms with Gasteiger partial charge in [-0.2, -0.15) is 5.26 Å². The van der Waals surface area contributed by atoms with Crippen LogP contribution in [0.25, 0.3) is 0 Å². The lowest BCUT2D eigenvalue weighted by Gasteiger charge is -2.43. The molecular weight excluding hydrogens is 452 g/mol. The van der Waals surface area contributed by atoms with E-state index in [1.54, 1.807) is 14.2 Å². The minimum Gasteiger partial charge on any atom is -0.493 e. The first-order valence-corrected chi connectivity index (χ1v) is 13.2. The van der Waals surface area contributed by atoms with Crippen LogP contribution < -0.4 is 18.9 Å². The lowest BCUT2D eigenvalue weighted by molar-refractivity contribution is -0.0217. The topological polar surface area (TPSA) is 64.0 Å². The zero-order valence-corrected chi connectivity index (χ0v) is 22.4. The maximum Gasteiger partial charge on any atom is 0.161 e. The molecule has 0 aromatic heterocycles. The fraction of sp³-hybridized carbons (Fsp3) is 0.567. The first-order valence-electron chi connectivity index (χ1n) is 13.2. The largest absolute Gasteiger partial charge is 0.493 e. The van der Waals surface area contributed by atoms with E-state index in [1.807, 2.05) is 24.3 Å². The van der Waals surface area contributed by atoms with Crippen LogP contribution in [0.3, 0.4) is 0 Å². The average Bonchev–Trinajstić information content (AvgIpc) is 2.91. The minimum atomic E-state index is -0.585. The smallest absolute Gasteiger partial charge is 0.161 e. The fourth-order valence-corrected chi connectivity index (χ4v) is 6.20. The van der Waals surface area contributed by atoms with Gasteiger partial charge in [0.25, 0.3) is 0 Å². The van der Waals surface area contributed by atoms with E-state index in [2.05, 4.69) is 44.0 Å². The second-order valence-electron chi connectivity index (χ2n) is 10.2. The molecular formula is C30H40N2O4. The van der Waals surface area contributed by atoms with Crippen molar-refractivity contribution in [1.82, 2.24) is 4.90 Å². The molecule has 0 amide bonds. The molecule has 2 aliphatic heterocycles. The molecule has 2 aromatic carbocycles. The van der Waals surface area contributed by atoms with Crippen molar-refractivity contribution < 1.29 is 18.9 Å². The summed E-state index contributed by atoms with van der Waals surface area (Å²) in [5.74, 6) is 3.32. The number of para-hydroxylation sites is 2. The van der Waals surface area contributed by atoms with Gasteiger partial charge < -0.3 is 18.9 Å². The average molecular weight is 493 g/mol. The van der Waals surface area contributed by atoms with Crippen LogP contribution in [0.4, 0.5) is 0 Å². The summed E-state index contributed by atoms with van der Waals surface area (Å²) in [5.41, 5.74) is 2.03. The van der Waals surface area contributed by atoms with Crippen LogP contribution in [0.5, 0.6) is 23.0 Å². The molecule has 36 heavy (non-hydrogen) atoms. The van der Waals surface area contributed by atoms with Gasteiger partial charge in [0, 0.05) is 12.6 Å². The number of methoxy groups -OCH3 is 2. The number of nitrogens with zero attached hydrogens (tertiary/aromatic N) is 2. The summed E-state index contributed by atoms with van der Waals surface area (Å²) >= 11 is 0. The van der Waals surface area contributed by atoms with Crippen LogP contribution in [-0.4, -0.2) is 44.9 Å². The van der Waals surface area contributed by atoms with Crippen molar-refractivity contribution in [2.75, 3.05) is 27.9 Å². The fourth-order valence-electron chi connectivity index (χ4n) is 6.20. The molecule has 0 saturated heterocycles. The minimum absolute atomic E-state index is 0.253. The van der Waals surface area contributed by atoms with E-state index in [-0.39, 0.29) is 12.0 Å². The molecule has 0 fully saturated rings. The molecule has 0 bridgehead atoms. The number of nitriles is 1. The Hall–Kier alpha value is -2.91. The van der Waals surface area contributed by atoms with Crippen LogP contribution in [0.2, 0.25) is 0 Å². The quantitative estimate of drug-likeness (QED) is 0.404. The van der Waals surface area contributed by atoms with E-state index in [0.717, 1.165) is 68.1 Å². The number of rotatable bonds is 10. The van der Waals surface area contributed by atoms with Gasteiger partial charge in [-0.15, -0.1) is 0 Å². The first-order chi connectivity index (χ1) is 17.5. The van der Waals surface area contributed by atoms with Crippen molar-refractivity contribution in [1.29, 1.82) is 5.26 Å². The highest BCUT2D eigenvalue weighted by Gasteiger charge is 2.48. The van der Waals surface area contributed by atoms with Gasteiger partial charge in [0.05, 0.1) is 20.3 Å². The Kier molecular flexibility index (Phi) is 8.31. The van der Waals surface area contributed by atoms with Crippen molar-refractivity contribution in [3.05, 3.63) is 47.5 Å². The Morgan fingerprint density at radius 2 is 1.75 bits per heavy atom. The summed E-state index contributed by atoms with van der Waals surface area (Å²) < 4.78 is 23.6. The molecule has 6 nitrogen and oxygen atoms in total. The maximum atomic E-state index is 10.6. The molecule has 3 atom stereocenters. The molecule has 2 aliphatic rings. The Bertz CT molecular complexity index is 1080. The Labute approximate surface area is 216 Å². The molecule has 194 valence electrons. The van der Waals surface area contributed by atoms with E-state index < -0.39 is 5.41 Å². The lowest BCUT2D eigenvalue weighted by atomic mass is 9.66. The second-order valence-corrected chi connectivity index (χ2v) is 10.2. The molecule has 2 heterocycles. The monoisotopic (exact) mass is 492 g/mol. The van der Waals surface area contributed by atoms with E-state index in [1.165, 1.54) is 11.1 Å². The molecule has 3 unspecified atom stereocenters. The van der Waals surface area contributed by atoms with Crippen molar-refractivity contribution in [2.45, 2.75) is 71.1 Å². The number of hydrogen-bond donors (Lipinski definition) is 0. The highest BCUT2D eigenvalue weighted by atomic mass is 16.6. The van der Waals surface area contributed by atoms with Gasteiger partial charge >= 0.3 is 0 Å². The Morgan fingerprint density at radius 1 is 1.08 bits per heavy atom. The summed E-state index contributed by atoms with van der Waals surface area (Å²) in [6.45, 7) is 5.67. The van der Waals surface area contributed by atoms with Gasteiger partial charge in [0.15, 0.2) is 29.1 Å². The standard InChI is InChI=1S/C30H40N2O4/c1-6-23(7-2)30(20-31,29-19-35-25-12-8-9-13-26(25)36-29)14-10-11-24-15-21-16-27(33-4)28(34-5)17-22(21)18-32(24)3/h8-9,12-13,16-17,23-24,29H,6-7,10-11,14-15,18-19H2,1-5H3. The van der Waals surface area contributed by atoms with E-state index in [9.17, 15) is 5.26 Å². The highest BCUT2D eigenvalue weighted by Crippen LogP contribution is 2.46. The Morgan fingerprint density at radius 3 is 2.39 bits per heavy atom. The predicted octanol–water partition coefficient (Wildman–Crippen LogP) is 6.02. The van der Waals surface area contributed by atoms with Gasteiger partial charge in [0.2, 0.25) is 0 Å². The van der Waals surface area contributed by atoms with Gasteiger partial charge in [-0.3, -0.25) is 4.90 Å². The van der Waals surface area contributed by atoms with Gasteiger partial charge in [-0.25, -0.2) is 0 Å². The zero-order chi connectivity index (χ0) is 25.7. The third-order valence-corrected chi connectivity index (χ3v) is 8.34. The SMILES string of the molecule is CCC(CC)C(C#N)(CCCC1Cc2cc(OC)c(OC)cc2CN1C)C1COc2ccccc2O1. The normalized spacial score (nSPS) is 20.8. The van der Waals surface area contributed by atoms with E-state index >= 15 is 0 Å². The maximum absolute atomic E-state index is 10.6. The molecule has 4 rings (SSSR count). The van der Waals surface area contributed by atoms with Crippen molar-refractivity contribution in [2.24, 2.45) is 11.3 Å². The molecule has 2 aromatic rings. The zero-order valence-electron chi connectivity index (χ0n) is 22.4. The summed E-state index contributed by atoms with van der Waals surface area (Å²) in [4.78, 5) is 2.43. The first kappa shape index (κ1) is 26.2. The van der Waals surface area contributed by atoms with Crippen LogP contribution in [0.1, 0.15) is 57.1 Å². The number of fused-ring (bicyclic) bond motifs is 2. The molecule has 0 aliphatic carbocycles. The van der Waals surface area contributed by atoms with Crippen molar-refractivity contribution >= 4 is 0 Å².